The average Bonchev–Trinajstić information content (AvgIpc) is 3.87. The Morgan fingerprint density at radius 1 is 0.431 bits per heavy atom. The van der Waals surface area contributed by atoms with Crippen molar-refractivity contribution in [2.75, 3.05) is 0 Å². The minimum Gasteiger partial charge on any atom is -0.456 e. The lowest BCUT2D eigenvalue weighted by molar-refractivity contribution is 0.668. The minimum atomic E-state index is 0.713. The van der Waals surface area contributed by atoms with Crippen LogP contribution in [0.4, 0.5) is 0 Å². The highest BCUT2D eigenvalue weighted by Gasteiger charge is 2.22. The number of fused-ring (bicyclic) bond motifs is 9. The molecule has 0 N–H and O–H groups in total. The maximum Gasteiger partial charge on any atom is 0.159 e. The highest BCUT2D eigenvalue weighted by atomic mass is 16.3. The molecular weight excluding hydrogens is 627 g/mol. The second-order valence-corrected chi connectivity index (χ2v) is 13.3. The smallest absolute Gasteiger partial charge is 0.159 e. The van der Waals surface area contributed by atoms with E-state index in [0.717, 1.165) is 71.9 Å². The van der Waals surface area contributed by atoms with Crippen molar-refractivity contribution >= 4 is 87.4 Å². The fraction of sp³-hybridized carbons (Fsp3) is 0. The molecule has 0 saturated carbocycles. The van der Waals surface area contributed by atoms with Crippen molar-refractivity contribution in [3.63, 3.8) is 0 Å². The Kier molecular flexibility index (Phi) is 5.17. The summed E-state index contributed by atoms with van der Waals surface area (Å²) in [6.45, 7) is 0. The highest BCUT2D eigenvalue weighted by Crippen LogP contribution is 2.46. The number of benzene rings is 8. The van der Waals surface area contributed by atoms with Gasteiger partial charge in [0.25, 0.3) is 0 Å². The molecule has 8 aromatic carbocycles. The van der Waals surface area contributed by atoms with E-state index in [-0.39, 0.29) is 0 Å². The van der Waals surface area contributed by atoms with Crippen molar-refractivity contribution in [3.8, 4) is 28.2 Å². The lowest BCUT2D eigenvalue weighted by atomic mass is 9.89. The molecular formula is C46H25N3O2. The standard InChI is InChI=1S/C46H25N3O2/c1-2-10-26(11-3-1)46-47-25-36-45(48-46)31-12-4-5-17-34(31)49(36)35-18-9-21-37-42(35)32-23-22-27(24-40(32)51-37)28-13-6-14-29-30-15-7-19-38-43(30)44-33(41(28)29)16-8-20-39(44)50-38/h1-25H. The maximum atomic E-state index is 6.69. The summed E-state index contributed by atoms with van der Waals surface area (Å²) in [5, 5.41) is 10.4. The monoisotopic (exact) mass is 651 g/mol. The molecule has 236 valence electrons. The van der Waals surface area contributed by atoms with E-state index >= 15 is 0 Å². The zero-order chi connectivity index (χ0) is 33.2. The number of hydrogen-bond donors (Lipinski definition) is 0. The van der Waals surface area contributed by atoms with Crippen LogP contribution in [0.3, 0.4) is 0 Å². The van der Waals surface area contributed by atoms with Gasteiger partial charge in [-0.3, -0.25) is 0 Å². The quantitative estimate of drug-likeness (QED) is 0.178. The van der Waals surface area contributed by atoms with Crippen LogP contribution in [-0.4, -0.2) is 14.5 Å². The molecule has 0 aliphatic carbocycles. The molecule has 4 aromatic heterocycles. The van der Waals surface area contributed by atoms with Crippen molar-refractivity contribution in [2.45, 2.75) is 0 Å². The SMILES string of the molecule is c1ccc(-c2ncc3c(n2)c2ccccc2n3-c2cccc3oc4cc(-c5cccc6c7cccc8oc9cccc(c56)c9c87)ccc4c23)cc1. The van der Waals surface area contributed by atoms with Crippen LogP contribution < -0.4 is 0 Å². The zero-order valence-electron chi connectivity index (χ0n) is 27.1. The van der Waals surface area contributed by atoms with Gasteiger partial charge in [0.2, 0.25) is 0 Å². The van der Waals surface area contributed by atoms with Crippen LogP contribution in [0, 0.1) is 0 Å². The van der Waals surface area contributed by atoms with E-state index in [9.17, 15) is 0 Å². The van der Waals surface area contributed by atoms with E-state index in [4.69, 9.17) is 18.8 Å². The second kappa shape index (κ2) is 9.80. The third-order valence-corrected chi connectivity index (χ3v) is 10.6. The normalized spacial score (nSPS) is 12.3. The van der Waals surface area contributed by atoms with Crippen molar-refractivity contribution in [2.24, 2.45) is 0 Å². The topological polar surface area (TPSA) is 57.0 Å². The first-order chi connectivity index (χ1) is 25.3. The van der Waals surface area contributed by atoms with Gasteiger partial charge in [-0.15, -0.1) is 0 Å². The van der Waals surface area contributed by atoms with Crippen molar-refractivity contribution in [1.29, 1.82) is 0 Å². The summed E-state index contributed by atoms with van der Waals surface area (Å²) in [5.74, 6) is 0.713. The molecule has 0 atom stereocenters. The molecule has 5 nitrogen and oxygen atoms in total. The Hall–Kier alpha value is -6.98. The first kappa shape index (κ1) is 26.9. The fourth-order valence-electron chi connectivity index (χ4n) is 8.49. The van der Waals surface area contributed by atoms with Gasteiger partial charge in [0, 0.05) is 27.1 Å². The molecule has 12 aromatic rings. The fourth-order valence-corrected chi connectivity index (χ4v) is 8.49. The van der Waals surface area contributed by atoms with Gasteiger partial charge in [0.15, 0.2) is 5.82 Å². The largest absolute Gasteiger partial charge is 0.456 e. The number of para-hydroxylation sites is 1. The molecule has 0 unspecified atom stereocenters. The van der Waals surface area contributed by atoms with Crippen LogP contribution in [0.2, 0.25) is 0 Å². The molecule has 51 heavy (non-hydrogen) atoms. The molecule has 5 heteroatoms. The van der Waals surface area contributed by atoms with Gasteiger partial charge in [-0.2, -0.15) is 0 Å². The van der Waals surface area contributed by atoms with Crippen LogP contribution in [-0.2, 0) is 0 Å². The van der Waals surface area contributed by atoms with E-state index in [0.29, 0.717) is 5.82 Å². The Balaban J connectivity index is 1.10. The van der Waals surface area contributed by atoms with Gasteiger partial charge in [0.1, 0.15) is 27.8 Å². The molecule has 12 rings (SSSR count). The Morgan fingerprint density at radius 2 is 1.10 bits per heavy atom. The Bertz CT molecular complexity index is 3370. The number of furan rings is 2. The lowest BCUT2D eigenvalue weighted by Crippen LogP contribution is -1.96. The summed E-state index contributed by atoms with van der Waals surface area (Å²) in [7, 11) is 0. The molecule has 0 amide bonds. The molecule has 0 spiro atoms. The molecule has 0 saturated heterocycles. The van der Waals surface area contributed by atoms with Crippen molar-refractivity contribution < 1.29 is 8.83 Å². The van der Waals surface area contributed by atoms with Crippen LogP contribution in [0.25, 0.3) is 116 Å². The number of hydrogen-bond acceptors (Lipinski definition) is 4. The summed E-state index contributed by atoms with van der Waals surface area (Å²) in [6.07, 6.45) is 1.95. The third kappa shape index (κ3) is 3.59. The molecule has 0 bridgehead atoms. The van der Waals surface area contributed by atoms with Gasteiger partial charge in [-0.1, -0.05) is 103 Å². The van der Waals surface area contributed by atoms with Crippen molar-refractivity contribution in [1.82, 2.24) is 14.5 Å². The highest BCUT2D eigenvalue weighted by molar-refractivity contribution is 6.35. The average molecular weight is 652 g/mol. The zero-order valence-corrected chi connectivity index (χ0v) is 27.1. The Morgan fingerprint density at radius 3 is 1.96 bits per heavy atom. The van der Waals surface area contributed by atoms with Gasteiger partial charge < -0.3 is 13.4 Å². The first-order valence-electron chi connectivity index (χ1n) is 17.2. The molecule has 0 radical (unpaired) electrons. The van der Waals surface area contributed by atoms with Gasteiger partial charge in [-0.25, -0.2) is 9.97 Å². The van der Waals surface area contributed by atoms with Crippen LogP contribution in [0.5, 0.6) is 0 Å². The van der Waals surface area contributed by atoms with E-state index in [1.54, 1.807) is 0 Å². The predicted octanol–water partition coefficient (Wildman–Crippen LogP) is 12.5. The van der Waals surface area contributed by atoms with E-state index in [1.165, 1.54) is 37.9 Å². The predicted molar refractivity (Wildman–Crippen MR) is 208 cm³/mol. The first-order valence-corrected chi connectivity index (χ1v) is 17.2. The van der Waals surface area contributed by atoms with Crippen LogP contribution in [0.1, 0.15) is 0 Å². The number of rotatable bonds is 3. The summed E-state index contributed by atoms with van der Waals surface area (Å²) in [6, 6.07) is 50.9. The summed E-state index contributed by atoms with van der Waals surface area (Å²) < 4.78 is 15.3. The van der Waals surface area contributed by atoms with Crippen LogP contribution >= 0.6 is 0 Å². The second-order valence-electron chi connectivity index (χ2n) is 13.3. The molecule has 0 aliphatic heterocycles. The van der Waals surface area contributed by atoms with E-state index in [2.05, 4.69) is 120 Å². The van der Waals surface area contributed by atoms with Gasteiger partial charge in [-0.05, 0) is 75.1 Å². The van der Waals surface area contributed by atoms with Gasteiger partial charge in [0.05, 0.1) is 28.3 Å². The summed E-state index contributed by atoms with van der Waals surface area (Å²) in [4.78, 5) is 9.95. The van der Waals surface area contributed by atoms with E-state index in [1.807, 2.05) is 36.5 Å². The molecule has 4 heterocycles. The van der Waals surface area contributed by atoms with Crippen molar-refractivity contribution in [3.05, 3.63) is 152 Å². The maximum absolute atomic E-state index is 6.69. The number of nitrogens with zero attached hydrogens (tertiary/aromatic N) is 3. The third-order valence-electron chi connectivity index (χ3n) is 10.6. The van der Waals surface area contributed by atoms with Gasteiger partial charge >= 0.3 is 0 Å². The lowest BCUT2D eigenvalue weighted by Gasteiger charge is -2.13. The molecule has 0 fully saturated rings. The van der Waals surface area contributed by atoms with E-state index < -0.39 is 0 Å². The Labute approximate surface area is 289 Å². The number of aromatic nitrogens is 3. The minimum absolute atomic E-state index is 0.713. The molecule has 0 aliphatic rings. The van der Waals surface area contributed by atoms with Crippen LogP contribution in [0.15, 0.2) is 161 Å². The summed E-state index contributed by atoms with van der Waals surface area (Å²) >= 11 is 0. The summed E-state index contributed by atoms with van der Waals surface area (Å²) in [5.41, 5.74) is 10.8.